The number of esters is 1. The molecule has 0 aliphatic heterocycles. The van der Waals surface area contributed by atoms with Crippen LogP contribution in [0.3, 0.4) is 0 Å². The molecule has 1 fully saturated rings. The maximum absolute atomic E-state index is 12.5. The summed E-state index contributed by atoms with van der Waals surface area (Å²) in [4.78, 5) is 36.4. The van der Waals surface area contributed by atoms with Crippen molar-refractivity contribution >= 4 is 44.8 Å². The number of hydrogen-bond donors (Lipinski definition) is 2. The Bertz CT molecular complexity index is 802. The number of halogens is 1. The lowest BCUT2D eigenvalue weighted by Gasteiger charge is -2.20. The first-order chi connectivity index (χ1) is 12.0. The number of hydrogen-bond acceptors (Lipinski definition) is 7. The number of nitrogen functional groups attached to an aromatic ring is 1. The molecule has 2 heterocycles. The van der Waals surface area contributed by atoms with E-state index in [9.17, 15) is 9.59 Å². The van der Waals surface area contributed by atoms with Crippen LogP contribution in [0.4, 0.5) is 5.82 Å². The van der Waals surface area contributed by atoms with Crippen molar-refractivity contribution in [1.82, 2.24) is 24.8 Å². The number of nitrogens with one attached hydrogen (secondary N) is 1. The van der Waals surface area contributed by atoms with Crippen LogP contribution >= 0.6 is 15.9 Å². The third-order valence-electron chi connectivity index (χ3n) is 4.13. The average Bonchev–Trinajstić information content (AvgIpc) is 3.16. The number of carbonyl (C=O) groups excluding carboxylic acids is 2. The van der Waals surface area contributed by atoms with E-state index < -0.39 is 12.0 Å². The molecule has 0 aromatic carbocycles. The van der Waals surface area contributed by atoms with Crippen LogP contribution in [0.15, 0.2) is 11.1 Å². The first-order valence-electron chi connectivity index (χ1n) is 8.05. The fourth-order valence-electron chi connectivity index (χ4n) is 2.95. The van der Waals surface area contributed by atoms with E-state index in [1.165, 1.54) is 13.3 Å². The van der Waals surface area contributed by atoms with Crippen LogP contribution in [0.5, 0.6) is 0 Å². The summed E-state index contributed by atoms with van der Waals surface area (Å²) < 4.78 is 7.64. The standard InChI is InChI=1S/C15H19BrN6O3/c1-8(23)20-10(14(24)25-9-4-2-3-5-9)6-22-13-11(21-15(22)16)12(17)18-7-19-13/h7,9-10H,2-6H2,1H3,(H,20,23)(H2,17,18,19). The van der Waals surface area contributed by atoms with Gasteiger partial charge >= 0.3 is 5.97 Å². The fourth-order valence-corrected chi connectivity index (χ4v) is 3.44. The molecule has 134 valence electrons. The smallest absolute Gasteiger partial charge is 0.330 e. The summed E-state index contributed by atoms with van der Waals surface area (Å²) in [5.74, 6) is -0.532. The van der Waals surface area contributed by atoms with Gasteiger partial charge in [0, 0.05) is 6.92 Å². The molecule has 0 bridgehead atoms. The van der Waals surface area contributed by atoms with Gasteiger partial charge < -0.3 is 20.4 Å². The molecule has 1 unspecified atom stereocenters. The number of nitrogens with two attached hydrogens (primary N) is 1. The zero-order valence-electron chi connectivity index (χ0n) is 13.7. The zero-order chi connectivity index (χ0) is 18.0. The van der Waals surface area contributed by atoms with E-state index in [-0.39, 0.29) is 24.4 Å². The van der Waals surface area contributed by atoms with Gasteiger partial charge in [0.05, 0.1) is 6.54 Å². The Morgan fingerprint density at radius 2 is 2.16 bits per heavy atom. The van der Waals surface area contributed by atoms with Crippen LogP contribution in [0, 0.1) is 0 Å². The molecule has 2 aromatic rings. The number of nitrogens with zero attached hydrogens (tertiary/aromatic N) is 4. The number of ether oxygens (including phenoxy) is 1. The lowest BCUT2D eigenvalue weighted by Crippen LogP contribution is -2.44. The molecule has 9 nitrogen and oxygen atoms in total. The molecule has 1 amide bonds. The van der Waals surface area contributed by atoms with Crippen molar-refractivity contribution in [3.63, 3.8) is 0 Å². The van der Waals surface area contributed by atoms with Crippen LogP contribution in [-0.2, 0) is 20.9 Å². The summed E-state index contributed by atoms with van der Waals surface area (Å²) in [5, 5.41) is 2.64. The highest BCUT2D eigenvalue weighted by Gasteiger charge is 2.28. The van der Waals surface area contributed by atoms with Crippen LogP contribution in [0.2, 0.25) is 0 Å². The number of carbonyl (C=O) groups is 2. The third-order valence-corrected chi connectivity index (χ3v) is 4.73. The molecular weight excluding hydrogens is 392 g/mol. The monoisotopic (exact) mass is 410 g/mol. The predicted molar refractivity (Wildman–Crippen MR) is 93.4 cm³/mol. The average molecular weight is 411 g/mol. The SMILES string of the molecule is CC(=O)NC(Cn1c(Br)nc2c(N)ncnc21)C(=O)OC1CCCC1. The number of rotatable bonds is 5. The molecular formula is C15H19BrN6O3. The van der Waals surface area contributed by atoms with E-state index in [1.807, 2.05) is 0 Å². The van der Waals surface area contributed by atoms with Crippen LogP contribution in [0.25, 0.3) is 11.2 Å². The Morgan fingerprint density at radius 3 is 2.84 bits per heavy atom. The largest absolute Gasteiger partial charge is 0.461 e. The highest BCUT2D eigenvalue weighted by Crippen LogP contribution is 2.23. The number of aromatic nitrogens is 4. The first kappa shape index (κ1) is 17.6. The van der Waals surface area contributed by atoms with E-state index in [2.05, 4.69) is 36.2 Å². The predicted octanol–water partition coefficient (Wildman–Crippen LogP) is 1.16. The van der Waals surface area contributed by atoms with Gasteiger partial charge in [0.25, 0.3) is 0 Å². The van der Waals surface area contributed by atoms with E-state index in [1.54, 1.807) is 4.57 Å². The van der Waals surface area contributed by atoms with Gasteiger partial charge in [0.2, 0.25) is 5.91 Å². The van der Waals surface area contributed by atoms with Crippen LogP contribution in [0.1, 0.15) is 32.6 Å². The maximum atomic E-state index is 12.5. The van der Waals surface area contributed by atoms with Crippen molar-refractivity contribution in [2.24, 2.45) is 0 Å². The van der Waals surface area contributed by atoms with Crippen molar-refractivity contribution in [3.05, 3.63) is 11.1 Å². The normalized spacial score (nSPS) is 16.1. The summed E-state index contributed by atoms with van der Waals surface area (Å²) in [6.45, 7) is 1.48. The summed E-state index contributed by atoms with van der Waals surface area (Å²) in [6, 6.07) is -0.844. The van der Waals surface area contributed by atoms with Gasteiger partial charge in [-0.05, 0) is 41.6 Å². The van der Waals surface area contributed by atoms with Crippen molar-refractivity contribution < 1.29 is 14.3 Å². The van der Waals surface area contributed by atoms with Gasteiger partial charge in [-0.1, -0.05) is 0 Å². The molecule has 0 spiro atoms. The number of amides is 1. The van der Waals surface area contributed by atoms with Crippen molar-refractivity contribution in [2.45, 2.75) is 51.3 Å². The molecule has 1 saturated carbocycles. The highest BCUT2D eigenvalue weighted by atomic mass is 79.9. The number of anilines is 1. The third kappa shape index (κ3) is 3.89. The Hall–Kier alpha value is -2.23. The fraction of sp³-hybridized carbons (Fsp3) is 0.533. The minimum Gasteiger partial charge on any atom is -0.461 e. The maximum Gasteiger partial charge on any atom is 0.330 e. The molecule has 1 aliphatic carbocycles. The van der Waals surface area contributed by atoms with E-state index in [0.717, 1.165) is 25.7 Å². The van der Waals surface area contributed by atoms with Crippen molar-refractivity contribution in [3.8, 4) is 0 Å². The van der Waals surface area contributed by atoms with Gasteiger partial charge in [0.15, 0.2) is 21.7 Å². The van der Waals surface area contributed by atoms with E-state index in [0.29, 0.717) is 15.9 Å². The summed E-state index contributed by atoms with van der Waals surface area (Å²) in [5.41, 5.74) is 6.72. The molecule has 0 saturated heterocycles. The Labute approximate surface area is 152 Å². The molecule has 1 atom stereocenters. The van der Waals surface area contributed by atoms with E-state index in [4.69, 9.17) is 10.5 Å². The summed E-state index contributed by atoms with van der Waals surface area (Å²) >= 11 is 3.34. The van der Waals surface area contributed by atoms with Gasteiger partial charge in [-0.15, -0.1) is 0 Å². The minimum absolute atomic E-state index is 0.0790. The van der Waals surface area contributed by atoms with Gasteiger partial charge in [-0.2, -0.15) is 0 Å². The molecule has 1 aliphatic rings. The van der Waals surface area contributed by atoms with Gasteiger partial charge in [-0.3, -0.25) is 4.79 Å². The number of imidazole rings is 1. The lowest BCUT2D eigenvalue weighted by atomic mass is 10.2. The van der Waals surface area contributed by atoms with Crippen molar-refractivity contribution in [2.75, 3.05) is 5.73 Å². The molecule has 25 heavy (non-hydrogen) atoms. The second kappa shape index (κ2) is 7.34. The molecule has 0 radical (unpaired) electrons. The highest BCUT2D eigenvalue weighted by molar-refractivity contribution is 9.10. The Balaban J connectivity index is 1.85. The molecule has 10 heteroatoms. The topological polar surface area (TPSA) is 125 Å². The lowest BCUT2D eigenvalue weighted by molar-refractivity contribution is -0.153. The minimum atomic E-state index is -0.844. The number of fused-ring (bicyclic) bond motifs is 1. The van der Waals surface area contributed by atoms with Gasteiger partial charge in [-0.25, -0.2) is 19.7 Å². The summed E-state index contributed by atoms with van der Waals surface area (Å²) in [6.07, 6.45) is 5.07. The summed E-state index contributed by atoms with van der Waals surface area (Å²) in [7, 11) is 0. The first-order valence-corrected chi connectivity index (χ1v) is 8.85. The molecule has 3 rings (SSSR count). The second-order valence-electron chi connectivity index (χ2n) is 6.02. The Morgan fingerprint density at radius 1 is 1.44 bits per heavy atom. The van der Waals surface area contributed by atoms with Crippen molar-refractivity contribution in [1.29, 1.82) is 0 Å². The Kier molecular flexibility index (Phi) is 5.16. The van der Waals surface area contributed by atoms with Crippen LogP contribution < -0.4 is 11.1 Å². The van der Waals surface area contributed by atoms with E-state index >= 15 is 0 Å². The zero-order valence-corrected chi connectivity index (χ0v) is 15.3. The van der Waals surface area contributed by atoms with Gasteiger partial charge in [0.1, 0.15) is 18.5 Å². The quantitative estimate of drug-likeness (QED) is 0.559. The van der Waals surface area contributed by atoms with Crippen LogP contribution in [-0.4, -0.2) is 43.5 Å². The molecule has 2 aromatic heterocycles. The second-order valence-corrected chi connectivity index (χ2v) is 6.73. The molecule has 3 N–H and O–H groups in total.